The number of nitrogens with zero attached hydrogens (tertiary/aromatic N) is 4. The Balaban J connectivity index is 1.65. The molecule has 0 spiro atoms. The zero-order valence-electron chi connectivity index (χ0n) is 9.95. The van der Waals surface area contributed by atoms with Crippen LogP contribution < -0.4 is 5.73 Å². The Morgan fingerprint density at radius 3 is 2.89 bits per heavy atom. The Labute approximate surface area is 108 Å². The van der Waals surface area contributed by atoms with Gasteiger partial charge in [-0.1, -0.05) is 11.3 Å². The van der Waals surface area contributed by atoms with Crippen molar-refractivity contribution < 1.29 is 4.74 Å². The zero-order valence-corrected chi connectivity index (χ0v) is 10.8. The molecule has 2 aliphatic rings. The highest BCUT2D eigenvalue weighted by Gasteiger charge is 2.32. The fourth-order valence-corrected chi connectivity index (χ4v) is 3.35. The monoisotopic (exact) mass is 265 g/mol. The molecule has 96 valence electrons. The van der Waals surface area contributed by atoms with E-state index in [-0.39, 0.29) is 12.2 Å². The molecule has 4 rings (SSSR count). The number of hydrogen-bond donors (Lipinski definition) is 1. The molecule has 2 atom stereocenters. The first-order valence-electron chi connectivity index (χ1n) is 6.42. The molecule has 18 heavy (non-hydrogen) atoms. The van der Waals surface area contributed by atoms with Gasteiger partial charge in [0.2, 0.25) is 4.96 Å². The van der Waals surface area contributed by atoms with Gasteiger partial charge in [0, 0.05) is 12.5 Å². The number of aromatic nitrogens is 4. The first-order chi connectivity index (χ1) is 8.85. The van der Waals surface area contributed by atoms with Crippen LogP contribution in [0.15, 0.2) is 0 Å². The summed E-state index contributed by atoms with van der Waals surface area (Å²) in [5.41, 5.74) is 5.63. The average Bonchev–Trinajstić information content (AvgIpc) is 2.84. The zero-order chi connectivity index (χ0) is 12.1. The van der Waals surface area contributed by atoms with E-state index >= 15 is 0 Å². The van der Waals surface area contributed by atoms with Gasteiger partial charge in [0.1, 0.15) is 11.1 Å². The number of fused-ring (bicyclic) bond motifs is 1. The molecule has 0 radical (unpaired) electrons. The van der Waals surface area contributed by atoms with Crippen LogP contribution in [0.25, 0.3) is 4.96 Å². The molecule has 0 aromatic carbocycles. The minimum atomic E-state index is 0.0947. The Morgan fingerprint density at radius 1 is 1.28 bits per heavy atom. The average molecular weight is 265 g/mol. The fraction of sp³-hybridized carbons (Fsp3) is 0.727. The summed E-state index contributed by atoms with van der Waals surface area (Å²) in [6.45, 7) is 0.591. The van der Waals surface area contributed by atoms with Crippen molar-refractivity contribution in [2.45, 2.75) is 43.8 Å². The Hall–Kier alpha value is -1.05. The molecule has 3 heterocycles. The van der Waals surface area contributed by atoms with Gasteiger partial charge in [0.15, 0.2) is 5.82 Å². The summed E-state index contributed by atoms with van der Waals surface area (Å²) in [4.78, 5) is 0.881. The van der Waals surface area contributed by atoms with Crippen molar-refractivity contribution >= 4 is 16.3 Å². The maximum atomic E-state index is 5.87. The number of rotatable bonds is 3. The number of hydrogen-bond acceptors (Lipinski definition) is 6. The van der Waals surface area contributed by atoms with Crippen molar-refractivity contribution in [3.8, 4) is 0 Å². The molecular weight excluding hydrogens is 250 g/mol. The Kier molecular flexibility index (Phi) is 2.39. The molecule has 2 unspecified atom stereocenters. The Morgan fingerprint density at radius 2 is 2.17 bits per heavy atom. The van der Waals surface area contributed by atoms with Gasteiger partial charge in [0.05, 0.1) is 6.10 Å². The maximum absolute atomic E-state index is 5.87. The van der Waals surface area contributed by atoms with Crippen LogP contribution >= 0.6 is 11.3 Å². The van der Waals surface area contributed by atoms with Crippen LogP contribution in [0, 0.1) is 0 Å². The molecule has 1 aliphatic carbocycles. The van der Waals surface area contributed by atoms with E-state index in [9.17, 15) is 0 Å². The highest BCUT2D eigenvalue weighted by molar-refractivity contribution is 7.16. The van der Waals surface area contributed by atoms with E-state index in [0.29, 0.717) is 12.5 Å². The van der Waals surface area contributed by atoms with E-state index in [2.05, 4.69) is 15.3 Å². The molecule has 1 saturated carbocycles. The number of nitrogens with two attached hydrogens (primary N) is 1. The number of ether oxygens (including phenoxy) is 1. The summed E-state index contributed by atoms with van der Waals surface area (Å²) in [5, 5.41) is 14.1. The fourth-order valence-electron chi connectivity index (χ4n) is 2.43. The van der Waals surface area contributed by atoms with Gasteiger partial charge in [-0.3, -0.25) is 0 Å². The van der Waals surface area contributed by atoms with Gasteiger partial charge in [-0.15, -0.1) is 10.2 Å². The third-order valence-electron chi connectivity index (χ3n) is 3.62. The van der Waals surface area contributed by atoms with Crippen LogP contribution in [-0.4, -0.2) is 32.5 Å². The Bertz CT molecular complexity index is 575. The quantitative estimate of drug-likeness (QED) is 0.903. The van der Waals surface area contributed by atoms with Gasteiger partial charge in [-0.2, -0.15) is 9.61 Å². The largest absolute Gasteiger partial charge is 0.366 e. The molecule has 2 aromatic rings. The molecule has 1 aliphatic heterocycles. The van der Waals surface area contributed by atoms with E-state index in [1.807, 2.05) is 4.52 Å². The van der Waals surface area contributed by atoms with Gasteiger partial charge in [-0.05, 0) is 25.7 Å². The van der Waals surface area contributed by atoms with E-state index in [0.717, 1.165) is 28.6 Å². The lowest BCUT2D eigenvalue weighted by Crippen LogP contribution is -2.18. The van der Waals surface area contributed by atoms with Crippen LogP contribution in [-0.2, 0) is 4.74 Å². The minimum Gasteiger partial charge on any atom is -0.366 e. The van der Waals surface area contributed by atoms with Crippen LogP contribution in [0.4, 0.5) is 0 Å². The molecule has 2 aromatic heterocycles. The van der Waals surface area contributed by atoms with E-state index < -0.39 is 0 Å². The molecular formula is C11H15N5OS. The van der Waals surface area contributed by atoms with Crippen LogP contribution in [0.5, 0.6) is 0 Å². The molecule has 1 saturated heterocycles. The lowest BCUT2D eigenvalue weighted by atomic mass is 10.2. The van der Waals surface area contributed by atoms with Crippen molar-refractivity contribution in [2.24, 2.45) is 5.73 Å². The SMILES string of the molecule is NCC1CCC(c2nn3c(C4CC4)nnc3s2)O1. The van der Waals surface area contributed by atoms with Gasteiger partial charge in [0.25, 0.3) is 0 Å². The highest BCUT2D eigenvalue weighted by Crippen LogP contribution is 2.40. The van der Waals surface area contributed by atoms with Crippen molar-refractivity contribution in [2.75, 3.05) is 6.54 Å². The second-order valence-corrected chi connectivity index (χ2v) is 6.01. The van der Waals surface area contributed by atoms with E-state index in [1.165, 1.54) is 12.8 Å². The maximum Gasteiger partial charge on any atom is 0.234 e. The summed E-state index contributed by atoms with van der Waals surface area (Å²) in [6.07, 6.45) is 4.73. The van der Waals surface area contributed by atoms with E-state index in [1.54, 1.807) is 11.3 Å². The third-order valence-corrected chi connectivity index (χ3v) is 4.61. The summed E-state index contributed by atoms with van der Waals surface area (Å²) >= 11 is 1.59. The lowest BCUT2D eigenvalue weighted by molar-refractivity contribution is 0.0492. The topological polar surface area (TPSA) is 78.3 Å². The first-order valence-corrected chi connectivity index (χ1v) is 7.24. The second kappa shape index (κ2) is 3.97. The van der Waals surface area contributed by atoms with Crippen molar-refractivity contribution in [3.05, 3.63) is 10.8 Å². The predicted molar refractivity (Wildman–Crippen MR) is 66.5 cm³/mol. The van der Waals surface area contributed by atoms with Crippen LogP contribution in [0.1, 0.15) is 48.5 Å². The van der Waals surface area contributed by atoms with Crippen molar-refractivity contribution in [1.29, 1.82) is 0 Å². The second-order valence-electron chi connectivity index (χ2n) is 5.03. The summed E-state index contributed by atoms with van der Waals surface area (Å²) in [7, 11) is 0. The van der Waals surface area contributed by atoms with Gasteiger partial charge in [-0.25, -0.2) is 0 Å². The van der Waals surface area contributed by atoms with E-state index in [4.69, 9.17) is 10.5 Å². The van der Waals surface area contributed by atoms with Crippen molar-refractivity contribution in [1.82, 2.24) is 19.8 Å². The summed E-state index contributed by atoms with van der Waals surface area (Å²) in [5.74, 6) is 1.58. The summed E-state index contributed by atoms with van der Waals surface area (Å²) in [6, 6.07) is 0. The molecule has 2 N–H and O–H groups in total. The minimum absolute atomic E-state index is 0.0947. The normalized spacial score (nSPS) is 28.3. The molecule has 7 heteroatoms. The predicted octanol–water partition coefficient (Wildman–Crippen LogP) is 1.24. The standard InChI is InChI=1S/C11H15N5OS/c12-5-7-3-4-8(17-7)10-15-16-9(6-1-2-6)13-14-11(16)18-10/h6-8H,1-5,12H2. The molecule has 0 bridgehead atoms. The van der Waals surface area contributed by atoms with Crippen LogP contribution in [0.3, 0.4) is 0 Å². The molecule has 2 fully saturated rings. The molecule has 0 amide bonds. The van der Waals surface area contributed by atoms with Gasteiger partial charge < -0.3 is 10.5 Å². The van der Waals surface area contributed by atoms with Gasteiger partial charge >= 0.3 is 0 Å². The van der Waals surface area contributed by atoms with Crippen LogP contribution in [0.2, 0.25) is 0 Å². The smallest absolute Gasteiger partial charge is 0.234 e. The lowest BCUT2D eigenvalue weighted by Gasteiger charge is -2.08. The third kappa shape index (κ3) is 1.65. The highest BCUT2D eigenvalue weighted by atomic mass is 32.1. The summed E-state index contributed by atoms with van der Waals surface area (Å²) < 4.78 is 7.77. The first kappa shape index (κ1) is 10.8. The molecule has 6 nitrogen and oxygen atoms in total. The van der Waals surface area contributed by atoms with Crippen molar-refractivity contribution in [3.63, 3.8) is 0 Å².